The molecule has 0 spiro atoms. The zero-order valence-corrected chi connectivity index (χ0v) is 11.1. The minimum atomic E-state index is 0.479. The number of nitrogens with two attached hydrogens (primary N) is 1. The first-order valence-electron chi connectivity index (χ1n) is 6.62. The van der Waals surface area contributed by atoms with Gasteiger partial charge in [-0.05, 0) is 22.6 Å². The molecular formula is C17H16N2O. The summed E-state index contributed by atoms with van der Waals surface area (Å²) in [6.45, 7) is 0.992. The van der Waals surface area contributed by atoms with Gasteiger partial charge >= 0.3 is 0 Å². The second-order valence-corrected chi connectivity index (χ2v) is 4.61. The molecule has 0 atom stereocenters. The average molecular weight is 264 g/mol. The third-order valence-corrected chi connectivity index (χ3v) is 3.28. The van der Waals surface area contributed by atoms with Gasteiger partial charge in [0.1, 0.15) is 6.61 Å². The molecule has 0 radical (unpaired) electrons. The van der Waals surface area contributed by atoms with E-state index in [9.17, 15) is 0 Å². The van der Waals surface area contributed by atoms with Gasteiger partial charge in [-0.1, -0.05) is 48.5 Å². The van der Waals surface area contributed by atoms with Crippen molar-refractivity contribution in [2.75, 3.05) is 0 Å². The normalized spacial score (nSPS) is 10.7. The first kappa shape index (κ1) is 12.6. The Morgan fingerprint density at radius 2 is 1.60 bits per heavy atom. The van der Waals surface area contributed by atoms with Crippen LogP contribution in [0.1, 0.15) is 11.1 Å². The van der Waals surface area contributed by atoms with E-state index in [1.807, 2.05) is 48.5 Å². The second-order valence-electron chi connectivity index (χ2n) is 4.61. The van der Waals surface area contributed by atoms with E-state index in [2.05, 4.69) is 11.1 Å². The predicted octanol–water partition coefficient (Wildman–Crippen LogP) is 3.27. The first-order valence-corrected chi connectivity index (χ1v) is 6.62. The summed E-state index contributed by atoms with van der Waals surface area (Å²) in [6, 6.07) is 18.1. The van der Waals surface area contributed by atoms with Gasteiger partial charge < -0.3 is 10.5 Å². The van der Waals surface area contributed by atoms with Crippen LogP contribution in [0.4, 0.5) is 0 Å². The lowest BCUT2D eigenvalue weighted by Gasteiger charge is -2.10. The van der Waals surface area contributed by atoms with E-state index in [4.69, 9.17) is 10.5 Å². The van der Waals surface area contributed by atoms with Crippen molar-refractivity contribution in [1.29, 1.82) is 0 Å². The predicted molar refractivity (Wildman–Crippen MR) is 80.4 cm³/mol. The largest absolute Gasteiger partial charge is 0.472 e. The molecule has 0 saturated carbocycles. The minimum Gasteiger partial charge on any atom is -0.472 e. The van der Waals surface area contributed by atoms with Gasteiger partial charge in [-0.15, -0.1) is 0 Å². The molecule has 0 aliphatic carbocycles. The standard InChI is InChI=1S/C17H16N2O/c18-10-14-11-19-17(16-9-5-4-8-15(14)16)20-12-13-6-2-1-3-7-13/h1-9,11H,10,12,18H2. The van der Waals surface area contributed by atoms with Crippen molar-refractivity contribution in [3.8, 4) is 5.88 Å². The van der Waals surface area contributed by atoms with Crippen LogP contribution in [0.5, 0.6) is 5.88 Å². The number of hydrogen-bond donors (Lipinski definition) is 1. The van der Waals surface area contributed by atoms with Crippen molar-refractivity contribution in [3.05, 3.63) is 71.9 Å². The Hall–Kier alpha value is -2.39. The molecule has 20 heavy (non-hydrogen) atoms. The quantitative estimate of drug-likeness (QED) is 0.786. The molecule has 1 aromatic heterocycles. The van der Waals surface area contributed by atoms with Gasteiger partial charge in [-0.3, -0.25) is 0 Å². The summed E-state index contributed by atoms with van der Waals surface area (Å²) in [5, 5.41) is 2.11. The van der Waals surface area contributed by atoms with Crippen LogP contribution in [-0.4, -0.2) is 4.98 Å². The lowest BCUT2D eigenvalue weighted by atomic mass is 10.1. The van der Waals surface area contributed by atoms with Gasteiger partial charge in [-0.2, -0.15) is 0 Å². The molecule has 0 aliphatic rings. The van der Waals surface area contributed by atoms with Crippen LogP contribution in [0.3, 0.4) is 0 Å². The number of aromatic nitrogens is 1. The Kier molecular flexibility index (Phi) is 3.61. The van der Waals surface area contributed by atoms with Gasteiger partial charge in [0.15, 0.2) is 0 Å². The van der Waals surface area contributed by atoms with Crippen LogP contribution in [0.15, 0.2) is 60.8 Å². The molecule has 3 nitrogen and oxygen atoms in total. The van der Waals surface area contributed by atoms with E-state index >= 15 is 0 Å². The minimum absolute atomic E-state index is 0.479. The fourth-order valence-electron chi connectivity index (χ4n) is 2.23. The molecule has 1 heterocycles. The zero-order chi connectivity index (χ0) is 13.8. The van der Waals surface area contributed by atoms with Crippen molar-refractivity contribution >= 4 is 10.8 Å². The van der Waals surface area contributed by atoms with Crippen molar-refractivity contribution < 1.29 is 4.74 Å². The van der Waals surface area contributed by atoms with Crippen LogP contribution in [0, 0.1) is 0 Å². The number of nitrogens with zero attached hydrogens (tertiary/aromatic N) is 1. The summed E-state index contributed by atoms with van der Waals surface area (Å²) in [6.07, 6.45) is 1.79. The Bertz CT molecular complexity index is 711. The lowest BCUT2D eigenvalue weighted by Crippen LogP contribution is -2.02. The SMILES string of the molecule is NCc1cnc(OCc2ccccc2)c2ccccc12. The lowest BCUT2D eigenvalue weighted by molar-refractivity contribution is 0.298. The van der Waals surface area contributed by atoms with E-state index in [1.54, 1.807) is 6.20 Å². The molecule has 2 N–H and O–H groups in total. The van der Waals surface area contributed by atoms with E-state index in [0.29, 0.717) is 19.0 Å². The highest BCUT2D eigenvalue weighted by Gasteiger charge is 2.07. The number of fused-ring (bicyclic) bond motifs is 1. The first-order chi connectivity index (χ1) is 9.88. The fraction of sp³-hybridized carbons (Fsp3) is 0.118. The molecule has 3 heteroatoms. The number of benzene rings is 2. The Morgan fingerprint density at radius 3 is 2.35 bits per heavy atom. The third-order valence-electron chi connectivity index (χ3n) is 3.28. The molecular weight excluding hydrogens is 248 g/mol. The maximum absolute atomic E-state index is 5.85. The number of ether oxygens (including phenoxy) is 1. The smallest absolute Gasteiger partial charge is 0.221 e. The molecule has 0 fully saturated rings. The van der Waals surface area contributed by atoms with Crippen LogP contribution in [0.25, 0.3) is 10.8 Å². The van der Waals surface area contributed by atoms with Crippen LogP contribution >= 0.6 is 0 Å². The van der Waals surface area contributed by atoms with Crippen LogP contribution < -0.4 is 10.5 Å². The topological polar surface area (TPSA) is 48.1 Å². The molecule has 3 rings (SSSR count). The molecule has 0 saturated heterocycles. The highest BCUT2D eigenvalue weighted by atomic mass is 16.5. The van der Waals surface area contributed by atoms with Crippen molar-refractivity contribution in [2.45, 2.75) is 13.2 Å². The molecule has 0 amide bonds. The summed E-state index contributed by atoms with van der Waals surface area (Å²) >= 11 is 0. The van der Waals surface area contributed by atoms with Gasteiger partial charge in [-0.25, -0.2) is 4.98 Å². The summed E-state index contributed by atoms with van der Waals surface area (Å²) in [5.41, 5.74) is 7.91. The monoisotopic (exact) mass is 264 g/mol. The van der Waals surface area contributed by atoms with E-state index in [1.165, 1.54) is 0 Å². The van der Waals surface area contributed by atoms with Crippen molar-refractivity contribution in [2.24, 2.45) is 5.73 Å². The van der Waals surface area contributed by atoms with E-state index in [0.717, 1.165) is 21.9 Å². The molecule has 100 valence electrons. The average Bonchev–Trinajstić information content (AvgIpc) is 2.53. The van der Waals surface area contributed by atoms with Gasteiger partial charge in [0.05, 0.1) is 0 Å². The van der Waals surface area contributed by atoms with Gasteiger partial charge in [0, 0.05) is 18.1 Å². The number of hydrogen-bond acceptors (Lipinski definition) is 3. The van der Waals surface area contributed by atoms with E-state index < -0.39 is 0 Å². The summed E-state index contributed by atoms with van der Waals surface area (Å²) in [7, 11) is 0. The van der Waals surface area contributed by atoms with Gasteiger partial charge in [0.2, 0.25) is 5.88 Å². The molecule has 3 aromatic rings. The fourth-order valence-corrected chi connectivity index (χ4v) is 2.23. The zero-order valence-electron chi connectivity index (χ0n) is 11.1. The molecule has 2 aromatic carbocycles. The third kappa shape index (κ3) is 2.49. The summed E-state index contributed by atoms with van der Waals surface area (Å²) in [4.78, 5) is 4.39. The second kappa shape index (κ2) is 5.72. The van der Waals surface area contributed by atoms with Crippen LogP contribution in [-0.2, 0) is 13.2 Å². The maximum atomic E-state index is 5.85. The summed E-state index contributed by atoms with van der Waals surface area (Å²) < 4.78 is 5.85. The Morgan fingerprint density at radius 1 is 0.900 bits per heavy atom. The van der Waals surface area contributed by atoms with Gasteiger partial charge in [0.25, 0.3) is 0 Å². The number of rotatable bonds is 4. The van der Waals surface area contributed by atoms with Crippen LogP contribution in [0.2, 0.25) is 0 Å². The molecule has 0 bridgehead atoms. The highest BCUT2D eigenvalue weighted by molar-refractivity contribution is 5.89. The van der Waals surface area contributed by atoms with Crippen molar-refractivity contribution in [1.82, 2.24) is 4.98 Å². The highest BCUT2D eigenvalue weighted by Crippen LogP contribution is 2.26. The number of pyridine rings is 1. The van der Waals surface area contributed by atoms with Crippen molar-refractivity contribution in [3.63, 3.8) is 0 Å². The Labute approximate surface area is 118 Å². The molecule has 0 unspecified atom stereocenters. The Balaban J connectivity index is 1.92. The summed E-state index contributed by atoms with van der Waals surface area (Å²) in [5.74, 6) is 0.654. The van der Waals surface area contributed by atoms with E-state index in [-0.39, 0.29) is 0 Å². The molecule has 0 aliphatic heterocycles. The maximum Gasteiger partial charge on any atom is 0.221 e.